The van der Waals surface area contributed by atoms with Crippen molar-refractivity contribution in [2.24, 2.45) is 5.41 Å². The number of rotatable bonds is 5. The molecule has 104 valence electrons. The molecule has 1 aliphatic heterocycles. The van der Waals surface area contributed by atoms with E-state index in [2.05, 4.69) is 22.9 Å². The summed E-state index contributed by atoms with van der Waals surface area (Å²) < 4.78 is 11.4. The van der Waals surface area contributed by atoms with E-state index in [0.717, 1.165) is 0 Å². The SMILES string of the molecule is CC1(COc2ccc(C(O)C(=O)O)cc2Br)COC1. The van der Waals surface area contributed by atoms with Crippen molar-refractivity contribution >= 4 is 21.9 Å². The first-order valence-electron chi connectivity index (χ1n) is 5.82. The number of ether oxygens (including phenoxy) is 2. The molecular weight excluding hydrogens is 316 g/mol. The van der Waals surface area contributed by atoms with Gasteiger partial charge in [0.25, 0.3) is 0 Å². The van der Waals surface area contributed by atoms with Crippen molar-refractivity contribution in [1.29, 1.82) is 0 Å². The molecule has 0 saturated carbocycles. The summed E-state index contributed by atoms with van der Waals surface area (Å²) in [6, 6.07) is 4.74. The molecule has 1 aromatic carbocycles. The van der Waals surface area contributed by atoms with Crippen LogP contribution in [0.3, 0.4) is 0 Å². The van der Waals surface area contributed by atoms with Crippen molar-refractivity contribution in [3.63, 3.8) is 0 Å². The quantitative estimate of drug-likeness (QED) is 0.863. The molecule has 0 aromatic heterocycles. The van der Waals surface area contributed by atoms with Crippen LogP contribution in [0, 0.1) is 5.41 Å². The molecule has 1 aromatic rings. The predicted octanol–water partition coefficient (Wildman–Crippen LogP) is 1.98. The number of carboxylic acid groups (broad SMARTS) is 1. The fourth-order valence-electron chi connectivity index (χ4n) is 1.73. The van der Waals surface area contributed by atoms with Gasteiger partial charge in [0.15, 0.2) is 6.10 Å². The first-order valence-corrected chi connectivity index (χ1v) is 6.61. The number of aliphatic hydroxyl groups excluding tert-OH is 1. The smallest absolute Gasteiger partial charge is 0.337 e. The van der Waals surface area contributed by atoms with Crippen LogP contribution in [0.5, 0.6) is 5.75 Å². The normalized spacial score (nSPS) is 18.5. The van der Waals surface area contributed by atoms with Gasteiger partial charge >= 0.3 is 5.97 Å². The average molecular weight is 331 g/mol. The van der Waals surface area contributed by atoms with E-state index in [1.807, 2.05) is 0 Å². The molecule has 0 bridgehead atoms. The third-order valence-corrected chi connectivity index (χ3v) is 3.60. The Morgan fingerprint density at radius 3 is 2.74 bits per heavy atom. The van der Waals surface area contributed by atoms with Gasteiger partial charge in [-0.2, -0.15) is 0 Å². The number of halogens is 1. The topological polar surface area (TPSA) is 76.0 Å². The summed E-state index contributed by atoms with van der Waals surface area (Å²) in [4.78, 5) is 10.7. The Bertz CT molecular complexity index is 484. The van der Waals surface area contributed by atoms with E-state index in [1.165, 1.54) is 0 Å². The second-order valence-corrected chi connectivity index (χ2v) is 5.88. The molecule has 0 aliphatic carbocycles. The van der Waals surface area contributed by atoms with Crippen LogP contribution in [0.15, 0.2) is 22.7 Å². The van der Waals surface area contributed by atoms with Crippen LogP contribution in [0.25, 0.3) is 0 Å². The Morgan fingerprint density at radius 1 is 1.58 bits per heavy atom. The molecule has 19 heavy (non-hydrogen) atoms. The summed E-state index contributed by atoms with van der Waals surface area (Å²) in [6.45, 7) is 3.97. The molecule has 6 heteroatoms. The van der Waals surface area contributed by atoms with Gasteiger partial charge in [0.2, 0.25) is 0 Å². The summed E-state index contributed by atoms with van der Waals surface area (Å²) in [6.07, 6.45) is -1.53. The molecule has 1 saturated heterocycles. The van der Waals surface area contributed by atoms with Crippen LogP contribution in [-0.4, -0.2) is 36.0 Å². The van der Waals surface area contributed by atoms with Gasteiger partial charge in [0.1, 0.15) is 5.75 Å². The predicted molar refractivity (Wildman–Crippen MR) is 71.2 cm³/mol. The second-order valence-electron chi connectivity index (χ2n) is 5.02. The molecule has 0 radical (unpaired) electrons. The van der Waals surface area contributed by atoms with Crippen molar-refractivity contribution < 1.29 is 24.5 Å². The van der Waals surface area contributed by atoms with Gasteiger partial charge in [-0.3, -0.25) is 0 Å². The first-order chi connectivity index (χ1) is 8.91. The van der Waals surface area contributed by atoms with Crippen molar-refractivity contribution in [2.45, 2.75) is 13.0 Å². The molecule has 1 heterocycles. The van der Waals surface area contributed by atoms with Gasteiger partial charge < -0.3 is 19.7 Å². The summed E-state index contributed by atoms with van der Waals surface area (Å²) in [7, 11) is 0. The van der Waals surface area contributed by atoms with Crippen LogP contribution >= 0.6 is 15.9 Å². The van der Waals surface area contributed by atoms with Crippen LogP contribution in [0.1, 0.15) is 18.6 Å². The minimum Gasteiger partial charge on any atom is -0.492 e. The number of benzene rings is 1. The summed E-state index contributed by atoms with van der Waals surface area (Å²) in [5.41, 5.74) is 0.350. The minimum atomic E-state index is -1.53. The summed E-state index contributed by atoms with van der Waals surface area (Å²) in [5.74, 6) is -0.658. The Morgan fingerprint density at radius 2 is 2.26 bits per heavy atom. The fraction of sp³-hybridized carbons (Fsp3) is 0.462. The lowest BCUT2D eigenvalue weighted by Gasteiger charge is -2.37. The van der Waals surface area contributed by atoms with E-state index >= 15 is 0 Å². The maximum absolute atomic E-state index is 10.7. The average Bonchev–Trinajstić information content (AvgIpc) is 2.34. The number of carboxylic acids is 1. The maximum atomic E-state index is 10.7. The zero-order chi connectivity index (χ0) is 14.0. The Labute approximate surface area is 119 Å². The van der Waals surface area contributed by atoms with E-state index < -0.39 is 12.1 Å². The molecule has 1 fully saturated rings. The van der Waals surface area contributed by atoms with Gasteiger partial charge in [-0.05, 0) is 33.6 Å². The third-order valence-electron chi connectivity index (χ3n) is 2.98. The largest absolute Gasteiger partial charge is 0.492 e. The molecule has 1 unspecified atom stereocenters. The fourth-order valence-corrected chi connectivity index (χ4v) is 2.24. The molecular formula is C13H15BrO5. The van der Waals surface area contributed by atoms with Crippen LogP contribution in [0.2, 0.25) is 0 Å². The number of carbonyl (C=O) groups is 1. The van der Waals surface area contributed by atoms with E-state index in [4.69, 9.17) is 14.6 Å². The van der Waals surface area contributed by atoms with E-state index in [1.54, 1.807) is 18.2 Å². The number of hydrogen-bond acceptors (Lipinski definition) is 4. The Kier molecular flexibility index (Phi) is 4.13. The highest BCUT2D eigenvalue weighted by molar-refractivity contribution is 9.10. The number of aliphatic hydroxyl groups is 1. The van der Waals surface area contributed by atoms with Crippen LogP contribution < -0.4 is 4.74 Å². The molecule has 1 atom stereocenters. The first kappa shape index (κ1) is 14.3. The van der Waals surface area contributed by atoms with Crippen molar-refractivity contribution in [3.8, 4) is 5.75 Å². The van der Waals surface area contributed by atoms with Crippen molar-refractivity contribution in [1.82, 2.24) is 0 Å². The summed E-state index contributed by atoms with van der Waals surface area (Å²) in [5, 5.41) is 18.2. The zero-order valence-corrected chi connectivity index (χ0v) is 12.0. The number of aliphatic carboxylic acids is 1. The molecule has 0 spiro atoms. The standard InChI is InChI=1S/C13H15BrO5/c1-13(5-18-6-13)7-19-10-3-2-8(4-9(10)14)11(15)12(16)17/h2-4,11,15H,5-7H2,1H3,(H,16,17). The maximum Gasteiger partial charge on any atom is 0.337 e. The van der Waals surface area contributed by atoms with E-state index in [9.17, 15) is 9.90 Å². The van der Waals surface area contributed by atoms with Gasteiger partial charge in [-0.25, -0.2) is 4.79 Å². The highest BCUT2D eigenvalue weighted by Gasteiger charge is 2.34. The molecule has 5 nitrogen and oxygen atoms in total. The monoisotopic (exact) mass is 330 g/mol. The molecule has 1 aliphatic rings. The van der Waals surface area contributed by atoms with Crippen LogP contribution in [-0.2, 0) is 9.53 Å². The van der Waals surface area contributed by atoms with Gasteiger partial charge in [-0.1, -0.05) is 13.0 Å². The Balaban J connectivity index is 2.04. The number of hydrogen-bond donors (Lipinski definition) is 2. The second kappa shape index (κ2) is 5.48. The highest BCUT2D eigenvalue weighted by atomic mass is 79.9. The molecule has 2 N–H and O–H groups in total. The van der Waals surface area contributed by atoms with Gasteiger partial charge in [0, 0.05) is 5.41 Å². The molecule has 0 amide bonds. The third kappa shape index (κ3) is 3.26. The van der Waals surface area contributed by atoms with E-state index in [0.29, 0.717) is 35.6 Å². The zero-order valence-electron chi connectivity index (χ0n) is 10.4. The minimum absolute atomic E-state index is 0.0404. The van der Waals surface area contributed by atoms with E-state index in [-0.39, 0.29) is 5.41 Å². The van der Waals surface area contributed by atoms with Gasteiger partial charge in [-0.15, -0.1) is 0 Å². The lowest BCUT2D eigenvalue weighted by molar-refractivity contribution is -0.146. The highest BCUT2D eigenvalue weighted by Crippen LogP contribution is 2.32. The van der Waals surface area contributed by atoms with Crippen molar-refractivity contribution in [2.75, 3.05) is 19.8 Å². The summed E-state index contributed by atoms with van der Waals surface area (Å²) >= 11 is 3.31. The molecule has 2 rings (SSSR count). The van der Waals surface area contributed by atoms with Crippen LogP contribution in [0.4, 0.5) is 0 Å². The van der Waals surface area contributed by atoms with Crippen molar-refractivity contribution in [3.05, 3.63) is 28.2 Å². The lowest BCUT2D eigenvalue weighted by atomic mass is 9.90. The van der Waals surface area contributed by atoms with Gasteiger partial charge in [0.05, 0.1) is 24.3 Å². The lowest BCUT2D eigenvalue weighted by Crippen LogP contribution is -2.44. The Hall–Kier alpha value is -1.11.